The second kappa shape index (κ2) is 5.89. The van der Waals surface area contributed by atoms with Gasteiger partial charge in [0, 0.05) is 5.69 Å². The van der Waals surface area contributed by atoms with Crippen LogP contribution in [0.15, 0.2) is 28.7 Å². The Bertz CT molecular complexity index is 611. The predicted molar refractivity (Wildman–Crippen MR) is 76.1 cm³/mol. The quantitative estimate of drug-likeness (QED) is 0.869. The summed E-state index contributed by atoms with van der Waals surface area (Å²) in [4.78, 5) is 0. The predicted octanol–water partition coefficient (Wildman–Crippen LogP) is 3.21. The molecule has 1 heterocycles. The second-order valence-electron chi connectivity index (χ2n) is 4.19. The minimum atomic E-state index is 0.542. The van der Waals surface area contributed by atoms with E-state index in [-0.39, 0.29) is 0 Å². The lowest BCUT2D eigenvalue weighted by atomic mass is 10.2. The van der Waals surface area contributed by atoms with Gasteiger partial charge in [-0.1, -0.05) is 0 Å². The van der Waals surface area contributed by atoms with Crippen molar-refractivity contribution in [3.8, 4) is 11.8 Å². The van der Waals surface area contributed by atoms with Gasteiger partial charge in [-0.15, -0.1) is 0 Å². The molecule has 2 rings (SSSR count). The standard InChI is InChI=1S/C14H14BrN3O/c1-10-14(15)11(2)18(17-10)7-8-19-13-5-3-12(9-16)4-6-13/h3-6H,7-8H2,1-2H3. The number of hydrogen-bond donors (Lipinski definition) is 0. The summed E-state index contributed by atoms with van der Waals surface area (Å²) in [6, 6.07) is 9.17. The van der Waals surface area contributed by atoms with E-state index in [1.807, 2.05) is 18.5 Å². The third-order valence-electron chi connectivity index (χ3n) is 2.85. The first-order chi connectivity index (χ1) is 9.11. The Labute approximate surface area is 120 Å². The van der Waals surface area contributed by atoms with E-state index in [2.05, 4.69) is 27.1 Å². The average Bonchev–Trinajstić information content (AvgIpc) is 2.67. The molecule has 4 nitrogen and oxygen atoms in total. The molecule has 1 aromatic carbocycles. The van der Waals surface area contributed by atoms with Gasteiger partial charge in [0.25, 0.3) is 0 Å². The van der Waals surface area contributed by atoms with Gasteiger partial charge < -0.3 is 4.74 Å². The highest BCUT2D eigenvalue weighted by atomic mass is 79.9. The van der Waals surface area contributed by atoms with Crippen LogP contribution in [-0.4, -0.2) is 16.4 Å². The Balaban J connectivity index is 1.92. The molecule has 0 amide bonds. The first-order valence-corrected chi connectivity index (χ1v) is 6.73. The molecule has 0 bridgehead atoms. The Kier molecular flexibility index (Phi) is 4.23. The molecule has 5 heteroatoms. The number of nitriles is 1. The Morgan fingerprint density at radius 3 is 2.53 bits per heavy atom. The van der Waals surface area contributed by atoms with Crippen molar-refractivity contribution >= 4 is 15.9 Å². The molecule has 0 atom stereocenters. The Morgan fingerprint density at radius 1 is 1.32 bits per heavy atom. The molecule has 0 radical (unpaired) electrons. The summed E-state index contributed by atoms with van der Waals surface area (Å²) in [5, 5.41) is 13.1. The van der Waals surface area contributed by atoms with E-state index in [4.69, 9.17) is 10.00 Å². The van der Waals surface area contributed by atoms with Crippen LogP contribution in [0.1, 0.15) is 17.0 Å². The van der Waals surface area contributed by atoms with Crippen LogP contribution in [0.3, 0.4) is 0 Å². The number of ether oxygens (including phenoxy) is 1. The maximum Gasteiger partial charge on any atom is 0.119 e. The van der Waals surface area contributed by atoms with Crippen molar-refractivity contribution in [2.75, 3.05) is 6.61 Å². The zero-order chi connectivity index (χ0) is 13.8. The third-order valence-corrected chi connectivity index (χ3v) is 4.00. The fraction of sp³-hybridized carbons (Fsp3) is 0.286. The summed E-state index contributed by atoms with van der Waals surface area (Å²) < 4.78 is 8.59. The van der Waals surface area contributed by atoms with Crippen LogP contribution >= 0.6 is 15.9 Å². The minimum absolute atomic E-state index is 0.542. The van der Waals surface area contributed by atoms with Gasteiger partial charge in [0.2, 0.25) is 0 Å². The van der Waals surface area contributed by atoms with Crippen LogP contribution in [-0.2, 0) is 6.54 Å². The molecular weight excluding hydrogens is 306 g/mol. The van der Waals surface area contributed by atoms with Gasteiger partial charge in [0.1, 0.15) is 12.4 Å². The number of benzene rings is 1. The largest absolute Gasteiger partial charge is 0.492 e. The van der Waals surface area contributed by atoms with Crippen molar-refractivity contribution in [3.63, 3.8) is 0 Å². The molecule has 0 aliphatic heterocycles. The number of halogens is 1. The maximum atomic E-state index is 8.71. The molecule has 2 aromatic rings. The molecule has 0 saturated carbocycles. The molecule has 19 heavy (non-hydrogen) atoms. The molecule has 0 fully saturated rings. The first-order valence-electron chi connectivity index (χ1n) is 5.94. The van der Waals surface area contributed by atoms with Gasteiger partial charge in [-0.3, -0.25) is 4.68 Å². The second-order valence-corrected chi connectivity index (χ2v) is 4.99. The highest BCUT2D eigenvalue weighted by Gasteiger charge is 2.08. The van der Waals surface area contributed by atoms with E-state index in [0.717, 1.165) is 21.6 Å². The van der Waals surface area contributed by atoms with Gasteiger partial charge in [-0.05, 0) is 54.0 Å². The Hall–Kier alpha value is -1.80. The van der Waals surface area contributed by atoms with E-state index in [1.165, 1.54) is 0 Å². The van der Waals surface area contributed by atoms with Crippen molar-refractivity contribution in [3.05, 3.63) is 45.7 Å². The molecule has 1 aromatic heterocycles. The van der Waals surface area contributed by atoms with Crippen molar-refractivity contribution in [2.24, 2.45) is 0 Å². The fourth-order valence-electron chi connectivity index (χ4n) is 1.77. The summed E-state index contributed by atoms with van der Waals surface area (Å²) >= 11 is 3.50. The molecule has 0 aliphatic rings. The average molecular weight is 320 g/mol. The van der Waals surface area contributed by atoms with Gasteiger partial charge in [-0.2, -0.15) is 10.4 Å². The van der Waals surface area contributed by atoms with Crippen LogP contribution in [0.25, 0.3) is 0 Å². The fourth-order valence-corrected chi connectivity index (χ4v) is 2.05. The summed E-state index contributed by atoms with van der Waals surface area (Å²) in [5.41, 5.74) is 2.71. The van der Waals surface area contributed by atoms with Crippen LogP contribution in [0.2, 0.25) is 0 Å². The van der Waals surface area contributed by atoms with Gasteiger partial charge in [0.15, 0.2) is 0 Å². The van der Waals surface area contributed by atoms with Crippen molar-refractivity contribution < 1.29 is 4.74 Å². The number of nitrogens with zero attached hydrogens (tertiary/aromatic N) is 3. The number of aryl methyl sites for hydroxylation is 1. The topological polar surface area (TPSA) is 50.8 Å². The summed E-state index contributed by atoms with van der Waals surface area (Å²) in [7, 11) is 0. The number of hydrogen-bond acceptors (Lipinski definition) is 3. The highest BCUT2D eigenvalue weighted by molar-refractivity contribution is 9.10. The van der Waals surface area contributed by atoms with E-state index in [1.54, 1.807) is 24.3 Å². The van der Waals surface area contributed by atoms with E-state index in [9.17, 15) is 0 Å². The molecule has 0 saturated heterocycles. The lowest BCUT2D eigenvalue weighted by Gasteiger charge is -2.07. The summed E-state index contributed by atoms with van der Waals surface area (Å²) in [6.45, 7) is 5.22. The molecule has 0 unspecified atom stereocenters. The monoisotopic (exact) mass is 319 g/mol. The lowest BCUT2D eigenvalue weighted by molar-refractivity contribution is 0.289. The summed E-state index contributed by atoms with van der Waals surface area (Å²) in [5.74, 6) is 0.764. The molecule has 98 valence electrons. The number of aromatic nitrogens is 2. The van der Waals surface area contributed by atoms with E-state index >= 15 is 0 Å². The molecule has 0 N–H and O–H groups in total. The first kappa shape index (κ1) is 13.6. The Morgan fingerprint density at radius 2 is 2.00 bits per heavy atom. The van der Waals surface area contributed by atoms with Gasteiger partial charge in [-0.25, -0.2) is 0 Å². The molecular formula is C14H14BrN3O. The van der Waals surface area contributed by atoms with Crippen LogP contribution in [0, 0.1) is 25.2 Å². The third kappa shape index (κ3) is 3.15. The summed E-state index contributed by atoms with van der Waals surface area (Å²) in [6.07, 6.45) is 0. The van der Waals surface area contributed by atoms with E-state index in [0.29, 0.717) is 18.7 Å². The highest BCUT2D eigenvalue weighted by Crippen LogP contribution is 2.19. The van der Waals surface area contributed by atoms with Crippen LogP contribution in [0.5, 0.6) is 5.75 Å². The van der Waals surface area contributed by atoms with Gasteiger partial charge >= 0.3 is 0 Å². The molecule has 0 aliphatic carbocycles. The SMILES string of the molecule is Cc1nn(CCOc2ccc(C#N)cc2)c(C)c1Br. The zero-order valence-electron chi connectivity index (χ0n) is 10.9. The van der Waals surface area contributed by atoms with Crippen molar-refractivity contribution in [1.29, 1.82) is 5.26 Å². The van der Waals surface area contributed by atoms with Crippen LogP contribution in [0.4, 0.5) is 0 Å². The maximum absolute atomic E-state index is 8.71. The molecule has 0 spiro atoms. The number of rotatable bonds is 4. The van der Waals surface area contributed by atoms with Crippen molar-refractivity contribution in [2.45, 2.75) is 20.4 Å². The van der Waals surface area contributed by atoms with Gasteiger partial charge in [0.05, 0.1) is 28.3 Å². The zero-order valence-corrected chi connectivity index (χ0v) is 12.4. The van der Waals surface area contributed by atoms with Crippen LogP contribution < -0.4 is 4.74 Å². The van der Waals surface area contributed by atoms with Crippen molar-refractivity contribution in [1.82, 2.24) is 9.78 Å². The smallest absolute Gasteiger partial charge is 0.119 e. The lowest BCUT2D eigenvalue weighted by Crippen LogP contribution is -2.10. The van der Waals surface area contributed by atoms with E-state index < -0.39 is 0 Å². The minimum Gasteiger partial charge on any atom is -0.492 e. The normalized spacial score (nSPS) is 10.2.